The second kappa shape index (κ2) is 15.7. The lowest BCUT2D eigenvalue weighted by Crippen LogP contribution is -2.47. The highest BCUT2D eigenvalue weighted by atomic mass is 35.5. The van der Waals surface area contributed by atoms with Crippen LogP contribution in [0.1, 0.15) is 76.2 Å². The standard InChI is InChI=1S/C30H42ClN3O6S/c1-39-29(37)24(18-22-13-14-32-27(22)35)33-28(36)26(17-19-7-3-2-4-8-19)41-34-30(38)40-25-12-6-10-21(25)15-20-9-5-11-23(31)16-20/h5,9,11,16,19,21-22,24-26H,2-4,6-8,10,12-15,17-18H2,1H3,(H,32,35)(H,33,36)(H,34,38)/t21?,22-,24-,25?,26-/m0/s1. The molecule has 1 aromatic carbocycles. The Labute approximate surface area is 251 Å². The van der Waals surface area contributed by atoms with Gasteiger partial charge in [-0.15, -0.1) is 0 Å². The summed E-state index contributed by atoms with van der Waals surface area (Å²) in [4.78, 5) is 51.0. The number of carbonyl (C=O) groups is 4. The molecule has 1 aromatic rings. The number of ether oxygens (including phenoxy) is 2. The van der Waals surface area contributed by atoms with E-state index in [0.717, 1.165) is 68.9 Å². The van der Waals surface area contributed by atoms with Crippen molar-refractivity contribution in [2.24, 2.45) is 17.8 Å². The number of esters is 1. The molecular weight excluding hydrogens is 566 g/mol. The average Bonchev–Trinajstić information content (AvgIpc) is 3.58. The van der Waals surface area contributed by atoms with Crippen LogP contribution in [0.3, 0.4) is 0 Å². The van der Waals surface area contributed by atoms with Gasteiger partial charge in [0.25, 0.3) is 0 Å². The fourth-order valence-electron chi connectivity index (χ4n) is 6.35. The molecule has 9 nitrogen and oxygen atoms in total. The van der Waals surface area contributed by atoms with E-state index in [1.165, 1.54) is 13.5 Å². The third-order valence-electron chi connectivity index (χ3n) is 8.57. The van der Waals surface area contributed by atoms with Crippen molar-refractivity contribution in [3.05, 3.63) is 34.9 Å². The molecule has 41 heavy (non-hydrogen) atoms. The van der Waals surface area contributed by atoms with Gasteiger partial charge < -0.3 is 20.1 Å². The molecule has 5 atom stereocenters. The molecule has 4 rings (SSSR count). The van der Waals surface area contributed by atoms with E-state index < -0.39 is 23.4 Å². The van der Waals surface area contributed by atoms with Crippen LogP contribution in [0.2, 0.25) is 5.02 Å². The first-order valence-corrected chi connectivity index (χ1v) is 16.1. The zero-order valence-corrected chi connectivity index (χ0v) is 25.3. The van der Waals surface area contributed by atoms with Crippen LogP contribution >= 0.6 is 23.5 Å². The van der Waals surface area contributed by atoms with Crippen LogP contribution in [0.15, 0.2) is 24.3 Å². The molecule has 2 aliphatic carbocycles. The molecule has 0 bridgehead atoms. The van der Waals surface area contributed by atoms with Crippen LogP contribution in [-0.2, 0) is 30.3 Å². The van der Waals surface area contributed by atoms with E-state index in [4.69, 9.17) is 21.1 Å². The van der Waals surface area contributed by atoms with Gasteiger partial charge in [-0.25, -0.2) is 9.59 Å². The maximum absolute atomic E-state index is 13.5. The molecule has 3 N–H and O–H groups in total. The fourth-order valence-corrected chi connectivity index (χ4v) is 7.39. The molecular formula is C30H42ClN3O6S. The molecule has 1 heterocycles. The number of benzene rings is 1. The zero-order chi connectivity index (χ0) is 29.2. The Morgan fingerprint density at radius 1 is 1.07 bits per heavy atom. The summed E-state index contributed by atoms with van der Waals surface area (Å²) >= 11 is 7.19. The van der Waals surface area contributed by atoms with Gasteiger partial charge in [-0.3, -0.25) is 14.3 Å². The van der Waals surface area contributed by atoms with Crippen LogP contribution in [0, 0.1) is 17.8 Å². The Hall–Kier alpha value is -2.46. The Balaban J connectivity index is 1.35. The van der Waals surface area contributed by atoms with Crippen molar-refractivity contribution in [1.82, 2.24) is 15.4 Å². The van der Waals surface area contributed by atoms with Crippen molar-refractivity contribution in [2.45, 2.75) is 94.4 Å². The van der Waals surface area contributed by atoms with Gasteiger partial charge in [0.2, 0.25) is 11.8 Å². The normalized spacial score (nSPS) is 24.2. The highest BCUT2D eigenvalue weighted by Crippen LogP contribution is 2.33. The summed E-state index contributed by atoms with van der Waals surface area (Å²) in [5.74, 6) is -0.847. The van der Waals surface area contributed by atoms with Crippen LogP contribution in [0.4, 0.5) is 4.79 Å². The van der Waals surface area contributed by atoms with E-state index >= 15 is 0 Å². The summed E-state index contributed by atoms with van der Waals surface area (Å²) in [5, 5.41) is 5.67. The van der Waals surface area contributed by atoms with Crippen LogP contribution in [-0.4, -0.2) is 54.9 Å². The van der Waals surface area contributed by atoms with E-state index in [1.54, 1.807) is 0 Å². The lowest BCUT2D eigenvalue weighted by Gasteiger charge is -2.27. The first-order chi connectivity index (χ1) is 19.8. The molecule has 3 amide bonds. The van der Waals surface area contributed by atoms with Gasteiger partial charge in [-0.1, -0.05) is 55.8 Å². The van der Waals surface area contributed by atoms with Crippen LogP contribution in [0.5, 0.6) is 0 Å². The molecule has 11 heteroatoms. The number of halogens is 1. The SMILES string of the molecule is COC(=O)[C@H](C[C@@H]1CCNC1=O)NC(=O)[C@H](CC1CCCCC1)SNC(=O)OC1CCCC1Cc1cccc(Cl)c1. The molecule has 3 fully saturated rings. The number of methoxy groups -OCH3 is 1. The minimum absolute atomic E-state index is 0.119. The van der Waals surface area contributed by atoms with Crippen molar-refractivity contribution >= 4 is 47.4 Å². The summed E-state index contributed by atoms with van der Waals surface area (Å²) in [5.41, 5.74) is 1.12. The number of hydrogen-bond donors (Lipinski definition) is 3. The van der Waals surface area contributed by atoms with Crippen molar-refractivity contribution in [3.63, 3.8) is 0 Å². The summed E-state index contributed by atoms with van der Waals surface area (Å²) in [6.07, 6.45) is 9.62. The Morgan fingerprint density at radius 3 is 2.59 bits per heavy atom. The topological polar surface area (TPSA) is 123 Å². The van der Waals surface area contributed by atoms with Gasteiger partial charge in [0.1, 0.15) is 17.4 Å². The van der Waals surface area contributed by atoms with E-state index in [0.29, 0.717) is 30.3 Å². The lowest BCUT2D eigenvalue weighted by molar-refractivity contribution is -0.145. The summed E-state index contributed by atoms with van der Waals surface area (Å²) in [6.45, 7) is 0.554. The molecule has 0 radical (unpaired) electrons. The Morgan fingerprint density at radius 2 is 1.88 bits per heavy atom. The Kier molecular flexibility index (Phi) is 12.0. The maximum atomic E-state index is 13.5. The van der Waals surface area contributed by atoms with Crippen molar-refractivity contribution in [1.29, 1.82) is 0 Å². The predicted molar refractivity (Wildman–Crippen MR) is 158 cm³/mol. The average molecular weight is 608 g/mol. The van der Waals surface area contributed by atoms with Crippen molar-refractivity contribution in [3.8, 4) is 0 Å². The predicted octanol–water partition coefficient (Wildman–Crippen LogP) is 4.95. The number of carbonyl (C=O) groups excluding carboxylic acids is 4. The van der Waals surface area contributed by atoms with E-state index in [9.17, 15) is 19.2 Å². The largest absolute Gasteiger partial charge is 0.467 e. The smallest absolute Gasteiger partial charge is 0.417 e. The molecule has 1 saturated heterocycles. The maximum Gasteiger partial charge on any atom is 0.417 e. The monoisotopic (exact) mass is 607 g/mol. The summed E-state index contributed by atoms with van der Waals surface area (Å²) < 4.78 is 13.5. The van der Waals surface area contributed by atoms with E-state index in [-0.39, 0.29) is 36.2 Å². The van der Waals surface area contributed by atoms with Gasteiger partial charge in [-0.05, 0) is 80.5 Å². The molecule has 226 valence electrons. The van der Waals surface area contributed by atoms with Gasteiger partial charge >= 0.3 is 12.1 Å². The van der Waals surface area contributed by atoms with E-state index in [2.05, 4.69) is 15.4 Å². The number of amides is 3. The lowest BCUT2D eigenvalue weighted by atomic mass is 9.86. The highest BCUT2D eigenvalue weighted by Gasteiger charge is 2.35. The highest BCUT2D eigenvalue weighted by molar-refractivity contribution is 7.99. The summed E-state index contributed by atoms with van der Waals surface area (Å²) in [6, 6.07) is 6.82. The number of nitrogens with one attached hydrogen (secondary N) is 3. The van der Waals surface area contributed by atoms with Crippen LogP contribution < -0.4 is 15.4 Å². The minimum Gasteiger partial charge on any atom is -0.467 e. The van der Waals surface area contributed by atoms with Crippen molar-refractivity contribution in [2.75, 3.05) is 13.7 Å². The van der Waals surface area contributed by atoms with Gasteiger partial charge in [0.05, 0.1) is 7.11 Å². The van der Waals surface area contributed by atoms with Crippen molar-refractivity contribution < 1.29 is 28.7 Å². The molecule has 2 unspecified atom stereocenters. The molecule has 3 aliphatic rings. The minimum atomic E-state index is -0.937. The Bertz CT molecular complexity index is 1070. The van der Waals surface area contributed by atoms with Gasteiger partial charge in [-0.2, -0.15) is 0 Å². The van der Waals surface area contributed by atoms with Gasteiger partial charge in [0.15, 0.2) is 0 Å². The molecule has 0 spiro atoms. The third kappa shape index (κ3) is 9.53. The third-order valence-corrected chi connectivity index (χ3v) is 9.78. The van der Waals surface area contributed by atoms with E-state index in [1.807, 2.05) is 24.3 Å². The first kappa shape index (κ1) is 31.5. The second-order valence-corrected chi connectivity index (χ2v) is 13.0. The molecule has 1 aliphatic heterocycles. The number of rotatable bonds is 12. The summed E-state index contributed by atoms with van der Waals surface area (Å²) in [7, 11) is 1.27. The quantitative estimate of drug-likeness (QED) is 0.227. The molecule has 2 saturated carbocycles. The fraction of sp³-hybridized carbons (Fsp3) is 0.667. The van der Waals surface area contributed by atoms with Gasteiger partial charge in [0, 0.05) is 23.4 Å². The zero-order valence-electron chi connectivity index (χ0n) is 23.7. The second-order valence-electron chi connectivity index (χ2n) is 11.5. The number of hydrogen-bond acceptors (Lipinski definition) is 7. The van der Waals surface area contributed by atoms with Crippen LogP contribution in [0.25, 0.3) is 0 Å². The first-order valence-electron chi connectivity index (χ1n) is 14.8. The molecule has 0 aromatic heterocycles.